The number of ether oxygens (including phenoxy) is 3. The molecule has 1 atom stereocenters. The van der Waals surface area contributed by atoms with Gasteiger partial charge in [0.25, 0.3) is 10.0 Å². The topological polar surface area (TPSA) is 130 Å². The number of aromatic nitrogens is 1. The first kappa shape index (κ1) is 28.4. The zero-order valence-electron chi connectivity index (χ0n) is 20.6. The van der Waals surface area contributed by atoms with E-state index in [1.54, 1.807) is 12.1 Å². The summed E-state index contributed by atoms with van der Waals surface area (Å²) in [5.41, 5.74) is 6.99. The van der Waals surface area contributed by atoms with Crippen molar-refractivity contribution in [2.24, 2.45) is 5.73 Å². The first-order valence-corrected chi connectivity index (χ1v) is 13.9. The Morgan fingerprint density at radius 2 is 1.81 bits per heavy atom. The number of anilines is 1. The Bertz CT molecular complexity index is 1280. The van der Waals surface area contributed by atoms with E-state index in [0.29, 0.717) is 24.3 Å². The highest BCUT2D eigenvalue weighted by Crippen LogP contribution is 2.30. The number of primary amides is 1. The molecule has 0 bridgehead atoms. The van der Waals surface area contributed by atoms with Gasteiger partial charge in [-0.2, -0.15) is 0 Å². The third kappa shape index (κ3) is 8.41. The van der Waals surface area contributed by atoms with E-state index in [9.17, 15) is 17.6 Å². The Morgan fingerprint density at radius 1 is 1.08 bits per heavy atom. The Hall–Kier alpha value is -3.22. The molecule has 1 aromatic heterocycles. The molecule has 9 nitrogen and oxygen atoms in total. The predicted octanol–water partition coefficient (Wildman–Crippen LogP) is 4.27. The number of sulfonamides is 1. The number of nitrogens with two attached hydrogens (primary N) is 1. The van der Waals surface area contributed by atoms with Gasteiger partial charge in [0.2, 0.25) is 5.91 Å². The van der Waals surface area contributed by atoms with Crippen molar-refractivity contribution in [2.75, 3.05) is 18.9 Å². The molecule has 3 aromatic rings. The van der Waals surface area contributed by atoms with Gasteiger partial charge in [-0.15, -0.1) is 11.3 Å². The quantitative estimate of drug-likeness (QED) is 0.270. The van der Waals surface area contributed by atoms with Crippen molar-refractivity contribution in [3.05, 3.63) is 64.9 Å². The van der Waals surface area contributed by atoms with Crippen LogP contribution in [0.4, 0.5) is 9.52 Å². The fraction of sp³-hybridized carbons (Fsp3) is 0.360. The maximum atomic E-state index is 13.0. The summed E-state index contributed by atoms with van der Waals surface area (Å²) < 4.78 is 57.0. The SMILES string of the molecule is COc1ccc(S(=O)(=O)Nc2nc(CCCCCC(OCc3ccc(F)cc3)C(N)=O)cs2)cc1OC. The highest BCUT2D eigenvalue weighted by molar-refractivity contribution is 7.93. The molecule has 37 heavy (non-hydrogen) atoms. The van der Waals surface area contributed by atoms with Crippen LogP contribution in [-0.4, -0.2) is 39.6 Å². The largest absolute Gasteiger partial charge is 0.493 e. The second kappa shape index (κ2) is 13.4. The molecule has 1 amide bonds. The molecule has 200 valence electrons. The van der Waals surface area contributed by atoms with E-state index in [1.165, 1.54) is 55.9 Å². The molecule has 0 fully saturated rings. The monoisotopic (exact) mass is 551 g/mol. The summed E-state index contributed by atoms with van der Waals surface area (Å²) in [6.07, 6.45) is 2.75. The summed E-state index contributed by atoms with van der Waals surface area (Å²) in [5, 5.41) is 2.08. The number of carbonyl (C=O) groups excluding carboxylic acids is 1. The third-order valence-electron chi connectivity index (χ3n) is 5.52. The summed E-state index contributed by atoms with van der Waals surface area (Å²) in [6.45, 7) is 0.175. The van der Waals surface area contributed by atoms with Crippen LogP contribution in [0.5, 0.6) is 11.5 Å². The number of amides is 1. The fourth-order valence-electron chi connectivity index (χ4n) is 3.52. The average molecular weight is 552 g/mol. The van der Waals surface area contributed by atoms with Crippen LogP contribution in [0.1, 0.15) is 36.9 Å². The van der Waals surface area contributed by atoms with Crippen molar-refractivity contribution in [1.82, 2.24) is 4.98 Å². The number of carbonyl (C=O) groups is 1. The molecule has 1 heterocycles. The normalized spacial score (nSPS) is 12.2. The van der Waals surface area contributed by atoms with Crippen molar-refractivity contribution in [3.63, 3.8) is 0 Å². The Kier molecular flexibility index (Phi) is 10.2. The summed E-state index contributed by atoms with van der Waals surface area (Å²) in [4.78, 5) is 16.1. The van der Waals surface area contributed by atoms with Crippen LogP contribution in [0.25, 0.3) is 0 Å². The van der Waals surface area contributed by atoms with Crippen LogP contribution in [0.2, 0.25) is 0 Å². The Morgan fingerprint density at radius 3 is 2.49 bits per heavy atom. The van der Waals surface area contributed by atoms with E-state index < -0.39 is 22.0 Å². The second-order valence-electron chi connectivity index (χ2n) is 8.19. The summed E-state index contributed by atoms with van der Waals surface area (Å²) in [5.74, 6) is -0.130. The summed E-state index contributed by atoms with van der Waals surface area (Å²) in [6, 6.07) is 10.2. The number of hydrogen-bond donors (Lipinski definition) is 2. The van der Waals surface area contributed by atoms with Gasteiger partial charge in [-0.3, -0.25) is 9.52 Å². The van der Waals surface area contributed by atoms with Gasteiger partial charge in [0.15, 0.2) is 16.6 Å². The van der Waals surface area contributed by atoms with Gasteiger partial charge in [0.05, 0.1) is 31.4 Å². The van der Waals surface area contributed by atoms with E-state index in [2.05, 4.69) is 9.71 Å². The molecule has 1 unspecified atom stereocenters. The van der Waals surface area contributed by atoms with Crippen LogP contribution in [0, 0.1) is 5.82 Å². The van der Waals surface area contributed by atoms with Crippen molar-refractivity contribution in [1.29, 1.82) is 0 Å². The number of methoxy groups -OCH3 is 2. The number of benzene rings is 2. The van der Waals surface area contributed by atoms with Gasteiger partial charge in [-0.1, -0.05) is 25.0 Å². The minimum Gasteiger partial charge on any atom is -0.493 e. The van der Waals surface area contributed by atoms with E-state index in [4.69, 9.17) is 19.9 Å². The number of rotatable bonds is 15. The van der Waals surface area contributed by atoms with E-state index >= 15 is 0 Å². The molecular weight excluding hydrogens is 521 g/mol. The molecule has 2 aromatic carbocycles. The summed E-state index contributed by atoms with van der Waals surface area (Å²) in [7, 11) is -0.938. The smallest absolute Gasteiger partial charge is 0.263 e. The van der Waals surface area contributed by atoms with Crippen molar-refractivity contribution < 1.29 is 31.8 Å². The highest BCUT2D eigenvalue weighted by atomic mass is 32.2. The molecule has 0 saturated carbocycles. The number of nitrogens with one attached hydrogen (secondary N) is 1. The van der Waals surface area contributed by atoms with Crippen molar-refractivity contribution in [2.45, 2.75) is 49.7 Å². The van der Waals surface area contributed by atoms with Gasteiger partial charge in [-0.05, 0) is 49.1 Å². The molecule has 3 rings (SSSR count). The molecule has 0 radical (unpaired) electrons. The second-order valence-corrected chi connectivity index (χ2v) is 10.7. The number of nitrogens with zero attached hydrogens (tertiary/aromatic N) is 1. The number of hydrogen-bond acceptors (Lipinski definition) is 8. The van der Waals surface area contributed by atoms with Crippen LogP contribution in [0.15, 0.2) is 52.7 Å². The number of thiazole rings is 1. The van der Waals surface area contributed by atoms with Gasteiger partial charge in [-0.25, -0.2) is 17.8 Å². The average Bonchev–Trinajstić information content (AvgIpc) is 3.32. The first-order chi connectivity index (χ1) is 17.7. The number of unbranched alkanes of at least 4 members (excludes halogenated alkanes) is 2. The van der Waals surface area contributed by atoms with E-state index in [-0.39, 0.29) is 22.5 Å². The molecule has 0 aliphatic carbocycles. The lowest BCUT2D eigenvalue weighted by molar-refractivity contribution is -0.130. The third-order valence-corrected chi connectivity index (χ3v) is 7.79. The zero-order chi connectivity index (χ0) is 26.8. The first-order valence-electron chi connectivity index (χ1n) is 11.6. The maximum absolute atomic E-state index is 13.0. The van der Waals surface area contributed by atoms with Crippen LogP contribution < -0.4 is 19.9 Å². The molecule has 0 aliphatic heterocycles. The number of halogens is 1. The molecular formula is C25H30FN3O6S2. The maximum Gasteiger partial charge on any atom is 0.263 e. The predicted molar refractivity (Wildman–Crippen MR) is 139 cm³/mol. The minimum absolute atomic E-state index is 0.0348. The minimum atomic E-state index is -3.85. The van der Waals surface area contributed by atoms with Crippen molar-refractivity contribution in [3.8, 4) is 11.5 Å². The molecule has 0 saturated heterocycles. The highest BCUT2D eigenvalue weighted by Gasteiger charge is 2.19. The molecule has 0 spiro atoms. The van der Waals surface area contributed by atoms with E-state index in [0.717, 1.165) is 30.5 Å². The molecule has 12 heteroatoms. The summed E-state index contributed by atoms with van der Waals surface area (Å²) >= 11 is 1.20. The van der Waals surface area contributed by atoms with E-state index in [1.807, 2.05) is 5.38 Å². The number of aryl methyl sites for hydroxylation is 1. The van der Waals surface area contributed by atoms with Crippen molar-refractivity contribution >= 4 is 32.4 Å². The zero-order valence-corrected chi connectivity index (χ0v) is 22.2. The lowest BCUT2D eigenvalue weighted by Gasteiger charge is -2.14. The lowest BCUT2D eigenvalue weighted by atomic mass is 10.1. The van der Waals surface area contributed by atoms with Crippen LogP contribution >= 0.6 is 11.3 Å². The van der Waals surface area contributed by atoms with Crippen LogP contribution in [-0.2, 0) is 32.6 Å². The van der Waals surface area contributed by atoms with Gasteiger partial charge >= 0.3 is 0 Å². The standard InChI is InChI=1S/C25H30FN3O6S2/c1-33-21-13-12-20(14-23(21)34-2)37(31,32)29-25-28-19(16-36-25)6-4-3-5-7-22(24(27)30)35-15-17-8-10-18(26)11-9-17/h8-14,16,22H,3-7,15H2,1-2H3,(H2,27,30)(H,28,29). The molecule has 0 aliphatic rings. The lowest BCUT2D eigenvalue weighted by Crippen LogP contribution is -2.31. The molecule has 3 N–H and O–H groups in total. The Labute approximate surface area is 219 Å². The van der Waals surface area contributed by atoms with Crippen LogP contribution in [0.3, 0.4) is 0 Å². The van der Waals surface area contributed by atoms with Gasteiger partial charge < -0.3 is 19.9 Å². The fourth-order valence-corrected chi connectivity index (χ4v) is 5.54. The van der Waals surface area contributed by atoms with Gasteiger partial charge in [0.1, 0.15) is 11.9 Å². The Balaban J connectivity index is 1.44. The van der Waals surface area contributed by atoms with Gasteiger partial charge in [0, 0.05) is 11.4 Å².